The van der Waals surface area contributed by atoms with E-state index in [1.165, 1.54) is 12.1 Å². The first-order valence-corrected chi connectivity index (χ1v) is 6.47. The van der Waals surface area contributed by atoms with Gasteiger partial charge in [-0.2, -0.15) is 4.98 Å². The van der Waals surface area contributed by atoms with Crippen molar-refractivity contribution in [2.24, 2.45) is 0 Å². The van der Waals surface area contributed by atoms with Gasteiger partial charge in [-0.3, -0.25) is 0 Å². The van der Waals surface area contributed by atoms with E-state index in [-0.39, 0.29) is 11.9 Å². The van der Waals surface area contributed by atoms with Gasteiger partial charge in [0.05, 0.1) is 6.04 Å². The molecule has 1 atom stereocenters. The number of aromatic nitrogens is 2. The lowest BCUT2D eigenvalue weighted by Gasteiger charge is -2.05. The molecule has 0 aliphatic rings. The summed E-state index contributed by atoms with van der Waals surface area (Å²) >= 11 is 5.96. The van der Waals surface area contributed by atoms with Crippen LogP contribution in [0, 0.1) is 5.82 Å². The number of nitrogens with one attached hydrogen (secondary N) is 1. The maximum absolute atomic E-state index is 12.9. The van der Waals surface area contributed by atoms with Crippen molar-refractivity contribution in [3.05, 3.63) is 46.3 Å². The number of rotatable bonds is 5. The second-order valence-corrected chi connectivity index (χ2v) is 4.65. The Balaban J connectivity index is 2.11. The molecule has 2 aromatic rings. The molecule has 1 N–H and O–H groups in total. The average Bonchev–Trinajstić information content (AvgIpc) is 2.82. The molecular weight excluding hydrogens is 269 g/mol. The van der Waals surface area contributed by atoms with E-state index in [9.17, 15) is 4.39 Å². The highest BCUT2D eigenvalue weighted by atomic mass is 35.5. The highest BCUT2D eigenvalue weighted by Crippen LogP contribution is 2.20. The zero-order chi connectivity index (χ0) is 13.8. The molecule has 1 unspecified atom stereocenters. The second kappa shape index (κ2) is 6.12. The summed E-state index contributed by atoms with van der Waals surface area (Å²) < 4.78 is 18.1. The summed E-state index contributed by atoms with van der Waals surface area (Å²) in [6.45, 7) is 4.78. The molecule has 0 radical (unpaired) electrons. The van der Waals surface area contributed by atoms with E-state index in [4.69, 9.17) is 16.1 Å². The maximum atomic E-state index is 12.9. The maximum Gasteiger partial charge on any atom is 0.243 e. The van der Waals surface area contributed by atoms with Crippen molar-refractivity contribution in [2.45, 2.75) is 26.3 Å². The largest absolute Gasteiger partial charge is 0.338 e. The Kier molecular flexibility index (Phi) is 4.50. The second-order valence-electron chi connectivity index (χ2n) is 4.24. The highest BCUT2D eigenvalue weighted by Gasteiger charge is 2.14. The predicted octanol–water partition coefficient (Wildman–Crippen LogP) is 3.12. The van der Waals surface area contributed by atoms with Crippen LogP contribution in [-0.4, -0.2) is 16.7 Å². The van der Waals surface area contributed by atoms with Crippen LogP contribution in [0.4, 0.5) is 4.39 Å². The Bertz CT molecular complexity index is 559. The minimum absolute atomic E-state index is 0.00920. The lowest BCUT2D eigenvalue weighted by Crippen LogP contribution is -2.17. The number of hydrogen-bond acceptors (Lipinski definition) is 4. The zero-order valence-corrected chi connectivity index (χ0v) is 11.5. The normalized spacial score (nSPS) is 12.6. The quantitative estimate of drug-likeness (QED) is 0.916. The summed E-state index contributed by atoms with van der Waals surface area (Å²) in [6, 6.07) is 4.28. The summed E-state index contributed by atoms with van der Waals surface area (Å²) in [7, 11) is 0. The smallest absolute Gasteiger partial charge is 0.243 e. The minimum atomic E-state index is -0.358. The molecule has 1 heterocycles. The highest BCUT2D eigenvalue weighted by molar-refractivity contribution is 6.31. The summed E-state index contributed by atoms with van der Waals surface area (Å²) in [5, 5.41) is 7.45. The van der Waals surface area contributed by atoms with Crippen LogP contribution in [0.25, 0.3) is 0 Å². The SMILES string of the molecule is CCNC(C)c1nc(Cc2ccc(F)cc2Cl)no1. The summed E-state index contributed by atoms with van der Waals surface area (Å²) in [5.41, 5.74) is 0.770. The molecule has 0 fully saturated rings. The fraction of sp³-hybridized carbons (Fsp3) is 0.385. The van der Waals surface area contributed by atoms with Crippen molar-refractivity contribution >= 4 is 11.6 Å². The molecule has 0 saturated heterocycles. The molecule has 2 rings (SSSR count). The van der Waals surface area contributed by atoms with Crippen molar-refractivity contribution < 1.29 is 8.91 Å². The Morgan fingerprint density at radius 3 is 2.95 bits per heavy atom. The standard InChI is InChI=1S/C13H15ClFN3O/c1-3-16-8(2)13-17-12(18-19-13)6-9-4-5-10(15)7-11(9)14/h4-5,7-8,16H,3,6H2,1-2H3. The van der Waals surface area contributed by atoms with Crippen LogP contribution in [0.5, 0.6) is 0 Å². The van der Waals surface area contributed by atoms with Gasteiger partial charge in [-0.15, -0.1) is 0 Å². The molecule has 0 saturated carbocycles. The van der Waals surface area contributed by atoms with Crippen molar-refractivity contribution in [1.82, 2.24) is 15.5 Å². The third-order valence-electron chi connectivity index (χ3n) is 2.73. The summed E-state index contributed by atoms with van der Waals surface area (Å²) in [4.78, 5) is 4.29. The van der Waals surface area contributed by atoms with Gasteiger partial charge in [0.25, 0.3) is 0 Å². The first-order valence-electron chi connectivity index (χ1n) is 6.10. The fourth-order valence-electron chi connectivity index (χ4n) is 1.74. The van der Waals surface area contributed by atoms with E-state index in [2.05, 4.69) is 15.5 Å². The van der Waals surface area contributed by atoms with E-state index in [1.807, 2.05) is 13.8 Å². The third-order valence-corrected chi connectivity index (χ3v) is 3.08. The van der Waals surface area contributed by atoms with Gasteiger partial charge in [0.15, 0.2) is 5.82 Å². The molecule has 1 aromatic carbocycles. The lowest BCUT2D eigenvalue weighted by atomic mass is 10.1. The Morgan fingerprint density at radius 1 is 1.47 bits per heavy atom. The van der Waals surface area contributed by atoms with E-state index < -0.39 is 0 Å². The van der Waals surface area contributed by atoms with Crippen LogP contribution in [0.1, 0.15) is 37.2 Å². The fourth-order valence-corrected chi connectivity index (χ4v) is 1.98. The van der Waals surface area contributed by atoms with Crippen LogP contribution in [0.15, 0.2) is 22.7 Å². The lowest BCUT2D eigenvalue weighted by molar-refractivity contribution is 0.339. The van der Waals surface area contributed by atoms with Gasteiger partial charge in [-0.05, 0) is 31.2 Å². The topological polar surface area (TPSA) is 51.0 Å². The molecule has 4 nitrogen and oxygen atoms in total. The number of nitrogens with zero attached hydrogens (tertiary/aromatic N) is 2. The molecule has 0 amide bonds. The molecule has 1 aromatic heterocycles. The van der Waals surface area contributed by atoms with Gasteiger partial charge in [-0.25, -0.2) is 4.39 Å². The van der Waals surface area contributed by atoms with Gasteiger partial charge < -0.3 is 9.84 Å². The molecule has 0 bridgehead atoms. The van der Waals surface area contributed by atoms with Crippen LogP contribution >= 0.6 is 11.6 Å². The van der Waals surface area contributed by atoms with Crippen LogP contribution in [0.2, 0.25) is 5.02 Å². The number of benzene rings is 1. The van der Waals surface area contributed by atoms with Crippen molar-refractivity contribution in [3.63, 3.8) is 0 Å². The van der Waals surface area contributed by atoms with Gasteiger partial charge in [0.1, 0.15) is 5.82 Å². The number of halogens is 2. The molecule has 19 heavy (non-hydrogen) atoms. The minimum Gasteiger partial charge on any atom is -0.338 e. The van der Waals surface area contributed by atoms with E-state index in [0.717, 1.165) is 12.1 Å². The van der Waals surface area contributed by atoms with E-state index in [1.54, 1.807) is 6.07 Å². The molecule has 0 spiro atoms. The van der Waals surface area contributed by atoms with E-state index in [0.29, 0.717) is 23.2 Å². The van der Waals surface area contributed by atoms with Crippen molar-refractivity contribution in [2.75, 3.05) is 6.54 Å². The van der Waals surface area contributed by atoms with Gasteiger partial charge in [0.2, 0.25) is 5.89 Å². The molecular formula is C13H15ClFN3O. The molecule has 0 aliphatic carbocycles. The first kappa shape index (κ1) is 14.0. The third kappa shape index (κ3) is 3.52. The Labute approximate surface area is 116 Å². The van der Waals surface area contributed by atoms with Crippen molar-refractivity contribution in [1.29, 1.82) is 0 Å². The summed E-state index contributed by atoms with van der Waals surface area (Å²) in [5.74, 6) is 0.715. The van der Waals surface area contributed by atoms with Crippen molar-refractivity contribution in [3.8, 4) is 0 Å². The monoisotopic (exact) mass is 283 g/mol. The predicted molar refractivity (Wildman–Crippen MR) is 70.6 cm³/mol. The Hall–Kier alpha value is -1.46. The molecule has 6 heteroatoms. The Morgan fingerprint density at radius 2 is 2.26 bits per heavy atom. The average molecular weight is 284 g/mol. The molecule has 102 valence electrons. The van der Waals surface area contributed by atoms with Crippen LogP contribution in [0.3, 0.4) is 0 Å². The van der Waals surface area contributed by atoms with Crippen LogP contribution < -0.4 is 5.32 Å². The molecule has 0 aliphatic heterocycles. The van der Waals surface area contributed by atoms with Crippen LogP contribution in [-0.2, 0) is 6.42 Å². The van der Waals surface area contributed by atoms with Gasteiger partial charge in [-0.1, -0.05) is 29.7 Å². The zero-order valence-electron chi connectivity index (χ0n) is 10.8. The van der Waals surface area contributed by atoms with Gasteiger partial charge >= 0.3 is 0 Å². The van der Waals surface area contributed by atoms with E-state index >= 15 is 0 Å². The number of hydrogen-bond donors (Lipinski definition) is 1. The van der Waals surface area contributed by atoms with Gasteiger partial charge in [0, 0.05) is 11.4 Å². The summed E-state index contributed by atoms with van der Waals surface area (Å²) in [6.07, 6.45) is 0.418. The first-order chi connectivity index (χ1) is 9.10.